The Morgan fingerprint density at radius 1 is 1.27 bits per heavy atom. The van der Waals surface area contributed by atoms with Gasteiger partial charge in [0, 0.05) is 45.9 Å². The van der Waals surface area contributed by atoms with E-state index in [1.54, 1.807) is 0 Å². The second kappa shape index (κ2) is 13.5. The number of hydrogen-bond donors (Lipinski definition) is 3. The van der Waals surface area contributed by atoms with Crippen molar-refractivity contribution in [3.8, 4) is 0 Å². The molecule has 1 aliphatic heterocycles. The number of aromatic nitrogens is 2. The van der Waals surface area contributed by atoms with E-state index in [0.29, 0.717) is 13.0 Å². The second-order valence-electron chi connectivity index (χ2n) is 7.96. The highest BCUT2D eigenvalue weighted by molar-refractivity contribution is 8.07. The third-order valence-electron chi connectivity index (χ3n) is 5.50. The van der Waals surface area contributed by atoms with Crippen molar-refractivity contribution in [3.63, 3.8) is 0 Å². The monoisotopic (exact) mass is 507 g/mol. The summed E-state index contributed by atoms with van der Waals surface area (Å²) in [5.74, 6) is -0.366. The number of amides is 1. The third-order valence-corrected chi connectivity index (χ3v) is 7.18. The van der Waals surface area contributed by atoms with Crippen LogP contribution in [0.3, 0.4) is 0 Å². The largest absolute Gasteiger partial charge is 0.382 e. The van der Waals surface area contributed by atoms with E-state index < -0.39 is 36.4 Å². The lowest BCUT2D eigenvalue weighted by molar-refractivity contribution is -0.118. The molecule has 0 saturated carbocycles. The molecule has 11 nitrogen and oxygen atoms in total. The van der Waals surface area contributed by atoms with Gasteiger partial charge in [-0.05, 0) is 24.6 Å². The number of nitrogens with one attached hydrogen (secondary N) is 2. The number of ether oxygens (including phenoxy) is 2. The Morgan fingerprint density at radius 2 is 1.97 bits per heavy atom. The van der Waals surface area contributed by atoms with Crippen LogP contribution in [-0.2, 0) is 35.1 Å². The van der Waals surface area contributed by atoms with Crippen LogP contribution in [0.1, 0.15) is 51.7 Å². The Morgan fingerprint density at radius 3 is 2.61 bits per heavy atom. The van der Waals surface area contributed by atoms with Gasteiger partial charge >= 0.3 is 12.4 Å². The van der Waals surface area contributed by atoms with Crippen molar-refractivity contribution >= 4 is 24.4 Å². The molecular weight excluding hydrogens is 473 g/mol. The highest BCUT2D eigenvalue weighted by Crippen LogP contribution is 2.50. The quantitative estimate of drug-likeness (QED) is 0.252. The van der Waals surface area contributed by atoms with Gasteiger partial charge in [0.1, 0.15) is 18.4 Å². The fourth-order valence-corrected chi connectivity index (χ4v) is 4.93. The molecule has 0 radical (unpaired) electrons. The molecule has 0 aliphatic carbocycles. The van der Waals surface area contributed by atoms with E-state index >= 15 is 0 Å². The van der Waals surface area contributed by atoms with Gasteiger partial charge in [0.25, 0.3) is 5.56 Å². The van der Waals surface area contributed by atoms with Gasteiger partial charge in [0.2, 0.25) is 5.91 Å². The highest BCUT2D eigenvalue weighted by Gasteiger charge is 2.48. The molecule has 0 spiro atoms. The minimum absolute atomic E-state index is 0.0305. The zero-order chi connectivity index (χ0) is 24.4. The maximum Gasteiger partial charge on any atom is 0.330 e. The zero-order valence-electron chi connectivity index (χ0n) is 19.2. The Bertz CT molecular complexity index is 923. The number of nitrogens with zero attached hydrogens (tertiary/aromatic N) is 1. The molecule has 1 aliphatic rings. The summed E-state index contributed by atoms with van der Waals surface area (Å²) in [5.41, 5.74) is -1.10. The minimum Gasteiger partial charge on any atom is -0.382 e. The van der Waals surface area contributed by atoms with Crippen molar-refractivity contribution in [1.29, 1.82) is 0 Å². The van der Waals surface area contributed by atoms with Crippen LogP contribution >= 0.6 is 6.72 Å². The lowest BCUT2D eigenvalue weighted by Crippen LogP contribution is -2.35. The molecule has 1 aromatic rings. The van der Waals surface area contributed by atoms with Crippen LogP contribution in [0.2, 0.25) is 0 Å². The van der Waals surface area contributed by atoms with Crippen molar-refractivity contribution in [3.05, 3.63) is 33.1 Å². The van der Waals surface area contributed by atoms with E-state index in [2.05, 4.69) is 10.3 Å². The summed E-state index contributed by atoms with van der Waals surface area (Å²) in [6.07, 6.45) is 4.67. The summed E-state index contributed by atoms with van der Waals surface area (Å²) >= 11 is 5.06. The van der Waals surface area contributed by atoms with Gasteiger partial charge in [-0.2, -0.15) is 0 Å². The van der Waals surface area contributed by atoms with Gasteiger partial charge in [-0.25, -0.2) is 4.79 Å². The molecule has 13 heteroatoms. The fraction of sp³-hybridized carbons (Fsp3) is 0.750. The van der Waals surface area contributed by atoms with Gasteiger partial charge in [0.15, 0.2) is 0 Å². The van der Waals surface area contributed by atoms with E-state index in [9.17, 15) is 19.3 Å². The maximum atomic E-state index is 12.4. The van der Waals surface area contributed by atoms with Crippen LogP contribution in [0.4, 0.5) is 0 Å². The SMILES string of the molecule is COC[C@H]1O[C@@H](n2ccc(=O)[nH]c2=O)C(CCCCCCCNC(C)=O)[C@H]1OP(O)(=S)OC. The number of hydrogen-bond acceptors (Lipinski definition) is 8. The molecular formula is C20H34N3O8PS. The van der Waals surface area contributed by atoms with E-state index in [0.717, 1.165) is 32.1 Å². The number of aromatic amines is 1. The normalized spacial score (nSPS) is 24.5. The third kappa shape index (κ3) is 8.71. The minimum atomic E-state index is -3.51. The first-order valence-corrected chi connectivity index (χ1v) is 13.5. The molecule has 2 unspecified atom stereocenters. The molecule has 2 rings (SSSR count). The van der Waals surface area contributed by atoms with E-state index in [4.69, 9.17) is 30.3 Å². The van der Waals surface area contributed by atoms with Gasteiger partial charge in [-0.15, -0.1) is 0 Å². The lowest BCUT2D eigenvalue weighted by Gasteiger charge is -2.27. The fourth-order valence-electron chi connectivity index (χ4n) is 3.94. The van der Waals surface area contributed by atoms with Crippen LogP contribution in [0, 0.1) is 5.92 Å². The molecule has 1 saturated heterocycles. The number of rotatable bonds is 14. The first-order chi connectivity index (χ1) is 15.7. The van der Waals surface area contributed by atoms with E-state index in [-0.39, 0.29) is 18.4 Å². The van der Waals surface area contributed by atoms with Crippen molar-refractivity contribution in [2.75, 3.05) is 27.4 Å². The molecule has 188 valence electrons. The van der Waals surface area contributed by atoms with Crippen molar-refractivity contribution in [2.24, 2.45) is 5.92 Å². The van der Waals surface area contributed by atoms with Crippen LogP contribution in [-0.4, -0.2) is 59.9 Å². The summed E-state index contributed by atoms with van der Waals surface area (Å²) in [7, 11) is 2.79. The molecule has 0 aromatic carbocycles. The number of methoxy groups -OCH3 is 1. The van der Waals surface area contributed by atoms with Crippen LogP contribution in [0.5, 0.6) is 0 Å². The number of carbonyl (C=O) groups excluding carboxylic acids is 1. The highest BCUT2D eigenvalue weighted by atomic mass is 32.5. The number of carbonyl (C=O) groups is 1. The van der Waals surface area contributed by atoms with Crippen molar-refractivity contribution < 1.29 is 28.2 Å². The van der Waals surface area contributed by atoms with Gasteiger partial charge < -0.3 is 28.7 Å². The summed E-state index contributed by atoms with van der Waals surface area (Å²) in [6.45, 7) is -1.18. The summed E-state index contributed by atoms with van der Waals surface area (Å²) < 4.78 is 23.5. The summed E-state index contributed by atoms with van der Waals surface area (Å²) in [6, 6.07) is 1.25. The average molecular weight is 508 g/mol. The zero-order valence-corrected chi connectivity index (χ0v) is 20.9. The summed E-state index contributed by atoms with van der Waals surface area (Å²) in [5, 5.41) is 2.78. The number of H-pyrrole nitrogens is 1. The van der Waals surface area contributed by atoms with E-state index in [1.165, 1.54) is 38.0 Å². The predicted octanol–water partition coefficient (Wildman–Crippen LogP) is 1.42. The van der Waals surface area contributed by atoms with Crippen molar-refractivity contribution in [1.82, 2.24) is 14.9 Å². The molecule has 3 N–H and O–H groups in total. The van der Waals surface area contributed by atoms with Gasteiger partial charge in [0.05, 0.1) is 6.61 Å². The molecule has 1 fully saturated rings. The molecule has 0 bridgehead atoms. The van der Waals surface area contributed by atoms with Crippen LogP contribution in [0.25, 0.3) is 0 Å². The Hall–Kier alpha value is -1.40. The van der Waals surface area contributed by atoms with Crippen LogP contribution in [0.15, 0.2) is 21.9 Å². The standard InChI is InChI=1S/C20H34N3O8PS/c1-14(24)21-11-8-6-4-5-7-9-15-18(31-32(27,33)29-3)16(13-28-2)30-19(15)23-12-10-17(25)22-20(23)26/h10,12,15-16,18-19H,4-9,11,13H2,1-3H3,(H,21,24)(H,27,33)(H,22,25,26)/t15?,16-,18-,19-,32?/m1/s1. The summed E-state index contributed by atoms with van der Waals surface area (Å²) in [4.78, 5) is 47.4. The average Bonchev–Trinajstić information content (AvgIpc) is 3.06. The molecule has 5 atom stereocenters. The van der Waals surface area contributed by atoms with Crippen molar-refractivity contribution in [2.45, 2.75) is 63.9 Å². The lowest BCUT2D eigenvalue weighted by atomic mass is 9.93. The molecule has 33 heavy (non-hydrogen) atoms. The molecule has 2 heterocycles. The molecule has 1 aromatic heterocycles. The van der Waals surface area contributed by atoms with Crippen LogP contribution < -0.4 is 16.6 Å². The Balaban J connectivity index is 2.12. The predicted molar refractivity (Wildman–Crippen MR) is 125 cm³/mol. The molecule has 1 amide bonds. The Labute approximate surface area is 198 Å². The number of unbranched alkanes of at least 4 members (excludes halogenated alkanes) is 4. The maximum absolute atomic E-state index is 12.4. The smallest absolute Gasteiger partial charge is 0.330 e. The first-order valence-electron chi connectivity index (χ1n) is 11.0. The van der Waals surface area contributed by atoms with Gasteiger partial charge in [-0.1, -0.05) is 25.7 Å². The van der Waals surface area contributed by atoms with E-state index in [1.807, 2.05) is 0 Å². The Kier molecular flexibility index (Phi) is 11.4. The first kappa shape index (κ1) is 27.8. The topological polar surface area (TPSA) is 141 Å². The van der Waals surface area contributed by atoms with Gasteiger partial charge in [-0.3, -0.25) is 19.1 Å². The second-order valence-corrected chi connectivity index (χ2v) is 10.9.